The molecule has 156 valence electrons. The van der Waals surface area contributed by atoms with Crippen molar-refractivity contribution in [3.8, 4) is 0 Å². The molecular formula is C21H30N6OS. The molecule has 0 aliphatic heterocycles. The lowest BCUT2D eigenvalue weighted by atomic mass is 9.90. The average Bonchev–Trinajstić information content (AvgIpc) is 3.27. The van der Waals surface area contributed by atoms with Crippen LogP contribution in [0.4, 0.5) is 5.82 Å². The fraction of sp³-hybridized carbons (Fsp3) is 0.619. The molecular weight excluding hydrogens is 384 g/mol. The summed E-state index contributed by atoms with van der Waals surface area (Å²) < 4.78 is 0. The van der Waals surface area contributed by atoms with Gasteiger partial charge in [-0.2, -0.15) is 0 Å². The Bertz CT molecular complexity index is 887. The quantitative estimate of drug-likeness (QED) is 0.605. The molecule has 2 aromatic rings. The van der Waals surface area contributed by atoms with Gasteiger partial charge in [0.15, 0.2) is 0 Å². The molecule has 1 saturated carbocycles. The first kappa shape index (κ1) is 20.2. The number of carbonyl (C=O) groups excluding carboxylic acids is 1. The molecule has 8 heteroatoms. The summed E-state index contributed by atoms with van der Waals surface area (Å²) in [5, 5.41) is 14.7. The number of carbonyl (C=O) groups is 1. The Hall–Kier alpha value is -2.06. The maximum Gasteiger partial charge on any atom is 0.220 e. The number of anilines is 1. The summed E-state index contributed by atoms with van der Waals surface area (Å²) in [5.74, 6) is 1.16. The number of thiophene rings is 1. The van der Waals surface area contributed by atoms with Crippen LogP contribution in [0, 0.1) is 5.41 Å². The monoisotopic (exact) mass is 414 g/mol. The van der Waals surface area contributed by atoms with Gasteiger partial charge in [-0.3, -0.25) is 4.79 Å². The lowest BCUT2D eigenvalue weighted by Crippen LogP contribution is -2.36. The lowest BCUT2D eigenvalue weighted by Gasteiger charge is -2.33. The van der Waals surface area contributed by atoms with Crippen LogP contribution in [-0.4, -0.2) is 59.7 Å². The Labute approximate surface area is 175 Å². The van der Waals surface area contributed by atoms with Gasteiger partial charge < -0.3 is 20.9 Å². The van der Waals surface area contributed by atoms with Crippen LogP contribution in [0.2, 0.25) is 0 Å². The van der Waals surface area contributed by atoms with Gasteiger partial charge in [0, 0.05) is 29.6 Å². The molecule has 1 unspecified atom stereocenters. The van der Waals surface area contributed by atoms with Crippen molar-refractivity contribution in [2.45, 2.75) is 62.9 Å². The van der Waals surface area contributed by atoms with Crippen LogP contribution in [0.1, 0.15) is 54.9 Å². The summed E-state index contributed by atoms with van der Waals surface area (Å²) in [4.78, 5) is 26.1. The van der Waals surface area contributed by atoms with Gasteiger partial charge in [0.05, 0.1) is 11.9 Å². The van der Waals surface area contributed by atoms with Gasteiger partial charge in [-0.05, 0) is 64.1 Å². The van der Waals surface area contributed by atoms with E-state index in [1.807, 2.05) is 0 Å². The molecule has 0 radical (unpaired) electrons. The first-order valence-corrected chi connectivity index (χ1v) is 11.3. The Morgan fingerprint density at radius 2 is 2.07 bits per heavy atom. The van der Waals surface area contributed by atoms with Gasteiger partial charge in [0.1, 0.15) is 17.0 Å². The van der Waals surface area contributed by atoms with Crippen LogP contribution in [0.5, 0.6) is 0 Å². The van der Waals surface area contributed by atoms with Crippen molar-refractivity contribution in [2.75, 3.05) is 26.0 Å². The number of nitrogens with zero attached hydrogens (tertiary/aromatic N) is 3. The Kier molecular flexibility index (Phi) is 6.10. The molecule has 7 nitrogen and oxygen atoms in total. The van der Waals surface area contributed by atoms with Crippen molar-refractivity contribution in [1.82, 2.24) is 20.2 Å². The van der Waals surface area contributed by atoms with Crippen LogP contribution in [0.3, 0.4) is 0 Å². The zero-order chi connectivity index (χ0) is 20.4. The van der Waals surface area contributed by atoms with Gasteiger partial charge in [-0.25, -0.2) is 9.97 Å². The number of nitrogens with one attached hydrogen (secondary N) is 3. The second kappa shape index (κ2) is 8.75. The molecule has 1 atom stereocenters. The highest BCUT2D eigenvalue weighted by Crippen LogP contribution is 2.46. The molecule has 0 spiro atoms. The average molecular weight is 415 g/mol. The molecule has 1 amide bonds. The molecule has 2 heterocycles. The highest BCUT2D eigenvalue weighted by Gasteiger charge is 2.31. The van der Waals surface area contributed by atoms with Crippen molar-refractivity contribution < 1.29 is 4.79 Å². The van der Waals surface area contributed by atoms with Gasteiger partial charge in [-0.1, -0.05) is 0 Å². The van der Waals surface area contributed by atoms with E-state index in [-0.39, 0.29) is 11.8 Å². The topological polar surface area (TPSA) is 94.0 Å². The number of aryl methyl sites for hydroxylation is 1. The largest absolute Gasteiger partial charge is 0.367 e. The lowest BCUT2D eigenvalue weighted by molar-refractivity contribution is -0.121. The van der Waals surface area contributed by atoms with Crippen molar-refractivity contribution in [3.05, 3.63) is 16.8 Å². The van der Waals surface area contributed by atoms with Crippen LogP contribution < -0.4 is 10.6 Å². The predicted molar refractivity (Wildman–Crippen MR) is 118 cm³/mol. The molecule has 1 fully saturated rings. The number of hydrogen-bond donors (Lipinski definition) is 3. The van der Waals surface area contributed by atoms with Crippen molar-refractivity contribution in [2.24, 2.45) is 0 Å². The zero-order valence-corrected chi connectivity index (χ0v) is 18.0. The number of aromatic nitrogens is 2. The second-order valence-electron chi connectivity index (χ2n) is 8.40. The maximum atomic E-state index is 12.3. The molecule has 29 heavy (non-hydrogen) atoms. The smallest absolute Gasteiger partial charge is 0.220 e. The molecule has 4 rings (SSSR count). The van der Waals surface area contributed by atoms with E-state index in [4.69, 9.17) is 5.41 Å². The SMILES string of the molecule is CN(C)C1CCC(Nc2ncnc3sc4c(c23)C(CC(=O)NCC=N)CC4)CC1. The fourth-order valence-electron chi connectivity index (χ4n) is 4.77. The minimum Gasteiger partial charge on any atom is -0.367 e. The van der Waals surface area contributed by atoms with Crippen LogP contribution in [0.25, 0.3) is 10.2 Å². The van der Waals surface area contributed by atoms with Crippen molar-refractivity contribution in [1.29, 1.82) is 5.41 Å². The van der Waals surface area contributed by atoms with E-state index in [2.05, 4.69) is 39.6 Å². The molecule has 2 aromatic heterocycles. The fourth-order valence-corrected chi connectivity index (χ4v) is 6.01. The van der Waals surface area contributed by atoms with Crippen molar-refractivity contribution >= 4 is 39.5 Å². The minimum absolute atomic E-state index is 0.0130. The van der Waals surface area contributed by atoms with Gasteiger partial charge in [-0.15, -0.1) is 11.3 Å². The number of fused-ring (bicyclic) bond motifs is 3. The molecule has 0 aromatic carbocycles. The number of rotatable bonds is 7. The summed E-state index contributed by atoms with van der Waals surface area (Å²) in [6, 6.07) is 1.11. The Morgan fingerprint density at radius 3 is 2.79 bits per heavy atom. The normalized spacial score (nSPS) is 23.9. The summed E-state index contributed by atoms with van der Waals surface area (Å²) >= 11 is 1.75. The minimum atomic E-state index is 0.0130. The second-order valence-corrected chi connectivity index (χ2v) is 9.49. The highest BCUT2D eigenvalue weighted by molar-refractivity contribution is 7.19. The van der Waals surface area contributed by atoms with Crippen LogP contribution >= 0.6 is 11.3 Å². The summed E-state index contributed by atoms with van der Waals surface area (Å²) in [6.07, 6.45) is 10.1. The van der Waals surface area contributed by atoms with Gasteiger partial charge in [0.25, 0.3) is 0 Å². The number of hydrogen-bond acceptors (Lipinski definition) is 7. The third-order valence-electron chi connectivity index (χ3n) is 6.33. The predicted octanol–water partition coefficient (Wildman–Crippen LogP) is 3.16. The van der Waals surface area contributed by atoms with E-state index in [9.17, 15) is 4.79 Å². The molecule has 0 bridgehead atoms. The zero-order valence-electron chi connectivity index (χ0n) is 17.2. The van der Waals surface area contributed by atoms with Gasteiger partial charge in [0.2, 0.25) is 5.91 Å². The maximum absolute atomic E-state index is 12.3. The standard InChI is InChI=1S/C21H30N6OS/c1-27(2)15-6-4-14(5-7-15)26-20-19-18-13(11-17(28)23-10-9-22)3-8-16(18)29-21(19)25-12-24-20/h9,12-15,22H,3-8,10-11H2,1-2H3,(H,23,28)(H,24,25,26). The Balaban J connectivity index is 1.54. The summed E-state index contributed by atoms with van der Waals surface area (Å²) in [6.45, 7) is 0.300. The van der Waals surface area contributed by atoms with E-state index in [1.165, 1.54) is 29.5 Å². The first-order valence-electron chi connectivity index (χ1n) is 10.5. The van der Waals surface area contributed by atoms with E-state index < -0.39 is 0 Å². The van der Waals surface area contributed by atoms with Crippen LogP contribution in [-0.2, 0) is 11.2 Å². The van der Waals surface area contributed by atoms with Crippen molar-refractivity contribution in [3.63, 3.8) is 0 Å². The number of amides is 1. The van der Waals surface area contributed by atoms with Crippen LogP contribution in [0.15, 0.2) is 6.33 Å². The van der Waals surface area contributed by atoms with E-state index in [1.54, 1.807) is 17.7 Å². The highest BCUT2D eigenvalue weighted by atomic mass is 32.1. The van der Waals surface area contributed by atoms with E-state index >= 15 is 0 Å². The van der Waals surface area contributed by atoms with E-state index in [0.717, 1.165) is 41.7 Å². The molecule has 2 aliphatic carbocycles. The summed E-state index contributed by atoms with van der Waals surface area (Å²) in [7, 11) is 4.33. The first-order chi connectivity index (χ1) is 14.1. The molecule has 0 saturated heterocycles. The molecule has 2 aliphatic rings. The third kappa shape index (κ3) is 4.28. The molecule has 3 N–H and O–H groups in total. The third-order valence-corrected chi connectivity index (χ3v) is 7.50. The summed E-state index contributed by atoms with van der Waals surface area (Å²) in [5.41, 5.74) is 1.28. The van der Waals surface area contributed by atoms with E-state index in [0.29, 0.717) is 25.0 Å². The van der Waals surface area contributed by atoms with Gasteiger partial charge >= 0.3 is 0 Å². The Morgan fingerprint density at radius 1 is 1.28 bits per heavy atom.